The van der Waals surface area contributed by atoms with E-state index < -0.39 is 0 Å². The molecule has 0 radical (unpaired) electrons. The van der Waals surface area contributed by atoms with E-state index in [4.69, 9.17) is 0 Å². The summed E-state index contributed by atoms with van der Waals surface area (Å²) >= 11 is 0. The lowest BCUT2D eigenvalue weighted by atomic mass is 10.1. The minimum absolute atomic E-state index is 0.282. The Morgan fingerprint density at radius 1 is 1.08 bits per heavy atom. The van der Waals surface area contributed by atoms with Crippen LogP contribution in [-0.4, -0.2) is 24.7 Å². The van der Waals surface area contributed by atoms with Crippen LogP contribution in [0.15, 0.2) is 0 Å². The number of nitrogens with one attached hydrogen (secondary N) is 2. The molecule has 2 nitrogen and oxygen atoms in total. The molecule has 1 aliphatic rings. The van der Waals surface area contributed by atoms with Crippen molar-refractivity contribution in [3.8, 4) is 0 Å². The van der Waals surface area contributed by atoms with Crippen LogP contribution in [0.4, 0.5) is 0 Å². The maximum Gasteiger partial charge on any atom is 0.00965 e. The summed E-state index contributed by atoms with van der Waals surface area (Å²) in [6, 6.07) is 0.871. The van der Waals surface area contributed by atoms with Crippen LogP contribution in [0.2, 0.25) is 0 Å². The molecule has 2 heteroatoms. The van der Waals surface area contributed by atoms with Gasteiger partial charge in [-0.25, -0.2) is 0 Å². The molecule has 0 amide bonds. The van der Waals surface area contributed by atoms with Gasteiger partial charge in [-0.15, -0.1) is 0 Å². The van der Waals surface area contributed by atoms with E-state index >= 15 is 0 Å². The molecule has 1 saturated carbocycles. The highest BCUT2D eigenvalue weighted by Crippen LogP contribution is 2.18. The van der Waals surface area contributed by atoms with Gasteiger partial charge in [-0.1, -0.05) is 0 Å². The van der Waals surface area contributed by atoms with Gasteiger partial charge in [0, 0.05) is 11.6 Å². The maximum atomic E-state index is 3.53. The molecule has 0 spiro atoms. The molecule has 78 valence electrons. The Morgan fingerprint density at radius 3 is 2.23 bits per heavy atom. The molecule has 0 atom stereocenters. The van der Waals surface area contributed by atoms with Crippen LogP contribution in [0.25, 0.3) is 0 Å². The van der Waals surface area contributed by atoms with Crippen LogP contribution in [0.5, 0.6) is 0 Å². The molecule has 0 heterocycles. The van der Waals surface area contributed by atoms with E-state index in [1.54, 1.807) is 0 Å². The number of unbranched alkanes of at least 4 members (excludes halogenated alkanes) is 1. The van der Waals surface area contributed by atoms with Crippen molar-refractivity contribution in [2.45, 2.75) is 58.0 Å². The molecule has 1 fully saturated rings. The Morgan fingerprint density at radius 2 is 1.69 bits per heavy atom. The van der Waals surface area contributed by atoms with Crippen LogP contribution < -0.4 is 10.6 Å². The number of hydrogen-bond donors (Lipinski definition) is 2. The molecule has 0 aliphatic heterocycles. The van der Waals surface area contributed by atoms with Crippen molar-refractivity contribution in [1.82, 2.24) is 10.6 Å². The Labute approximate surface area is 82.5 Å². The van der Waals surface area contributed by atoms with E-state index in [9.17, 15) is 0 Å². The first-order valence-electron chi connectivity index (χ1n) is 5.56. The monoisotopic (exact) mass is 184 g/mol. The fourth-order valence-corrected chi connectivity index (χ4v) is 1.31. The largest absolute Gasteiger partial charge is 0.314 e. The molecular weight excluding hydrogens is 160 g/mol. The maximum absolute atomic E-state index is 3.53. The van der Waals surface area contributed by atoms with Gasteiger partial charge >= 0.3 is 0 Å². The van der Waals surface area contributed by atoms with Crippen molar-refractivity contribution in [1.29, 1.82) is 0 Å². The Bertz CT molecular complexity index is 134. The topological polar surface area (TPSA) is 24.1 Å². The number of hydrogen-bond acceptors (Lipinski definition) is 2. The smallest absolute Gasteiger partial charge is 0.00965 e. The summed E-state index contributed by atoms with van der Waals surface area (Å²) in [6.07, 6.45) is 5.40. The third-order valence-corrected chi connectivity index (χ3v) is 2.27. The average molecular weight is 184 g/mol. The average Bonchev–Trinajstić information content (AvgIpc) is 2.77. The van der Waals surface area contributed by atoms with E-state index in [1.807, 2.05) is 0 Å². The van der Waals surface area contributed by atoms with Crippen molar-refractivity contribution in [3.63, 3.8) is 0 Å². The molecule has 0 aromatic rings. The van der Waals surface area contributed by atoms with Crippen LogP contribution >= 0.6 is 0 Å². The Balaban J connectivity index is 1.78. The van der Waals surface area contributed by atoms with Crippen molar-refractivity contribution in [2.75, 3.05) is 13.1 Å². The minimum Gasteiger partial charge on any atom is -0.314 e. The van der Waals surface area contributed by atoms with Crippen molar-refractivity contribution in [2.24, 2.45) is 0 Å². The van der Waals surface area contributed by atoms with E-state index in [0.29, 0.717) is 0 Å². The van der Waals surface area contributed by atoms with Gasteiger partial charge in [0.05, 0.1) is 0 Å². The van der Waals surface area contributed by atoms with Gasteiger partial charge in [0.2, 0.25) is 0 Å². The fraction of sp³-hybridized carbons (Fsp3) is 1.00. The van der Waals surface area contributed by atoms with E-state index in [0.717, 1.165) is 12.6 Å². The third-order valence-electron chi connectivity index (χ3n) is 2.27. The predicted octanol–water partition coefficient (Wildman–Crippen LogP) is 1.91. The fourth-order valence-electron chi connectivity index (χ4n) is 1.31. The molecule has 0 aromatic carbocycles. The highest BCUT2D eigenvalue weighted by Gasteiger charge is 2.19. The van der Waals surface area contributed by atoms with Crippen molar-refractivity contribution < 1.29 is 0 Å². The molecule has 1 rings (SSSR count). The van der Waals surface area contributed by atoms with Gasteiger partial charge in [0.15, 0.2) is 0 Å². The van der Waals surface area contributed by atoms with Gasteiger partial charge < -0.3 is 10.6 Å². The quantitative estimate of drug-likeness (QED) is 0.616. The second-order valence-corrected chi connectivity index (χ2v) is 5.11. The summed E-state index contributed by atoms with van der Waals surface area (Å²) in [5.41, 5.74) is 0.282. The van der Waals surface area contributed by atoms with Crippen LogP contribution in [-0.2, 0) is 0 Å². The van der Waals surface area contributed by atoms with Crippen LogP contribution in [0.3, 0.4) is 0 Å². The van der Waals surface area contributed by atoms with Gasteiger partial charge in [0.25, 0.3) is 0 Å². The van der Waals surface area contributed by atoms with Crippen molar-refractivity contribution in [3.05, 3.63) is 0 Å². The summed E-state index contributed by atoms with van der Waals surface area (Å²) in [5.74, 6) is 0. The molecule has 0 saturated heterocycles. The van der Waals surface area contributed by atoms with Gasteiger partial charge in [-0.05, 0) is 59.5 Å². The SMILES string of the molecule is CC(C)(C)NCCCCNC1CC1. The first kappa shape index (κ1) is 11.0. The third kappa shape index (κ3) is 7.03. The second kappa shape index (κ2) is 4.97. The zero-order valence-electron chi connectivity index (χ0n) is 9.32. The van der Waals surface area contributed by atoms with E-state index in [2.05, 4.69) is 31.4 Å². The second-order valence-electron chi connectivity index (χ2n) is 5.11. The first-order valence-corrected chi connectivity index (χ1v) is 5.56. The highest BCUT2D eigenvalue weighted by atomic mass is 15.0. The summed E-state index contributed by atoms with van der Waals surface area (Å²) in [6.45, 7) is 9.01. The molecule has 13 heavy (non-hydrogen) atoms. The molecule has 2 N–H and O–H groups in total. The summed E-state index contributed by atoms with van der Waals surface area (Å²) < 4.78 is 0. The standard InChI is InChI=1S/C11H24N2/c1-11(2,3)13-9-5-4-8-12-10-6-7-10/h10,12-13H,4-9H2,1-3H3. The summed E-state index contributed by atoms with van der Waals surface area (Å²) in [5, 5.41) is 7.02. The first-order chi connectivity index (χ1) is 6.08. The molecule has 0 bridgehead atoms. The lowest BCUT2D eigenvalue weighted by Gasteiger charge is -2.20. The Kier molecular flexibility index (Phi) is 4.20. The van der Waals surface area contributed by atoms with Crippen molar-refractivity contribution >= 4 is 0 Å². The van der Waals surface area contributed by atoms with Gasteiger partial charge in [-0.2, -0.15) is 0 Å². The van der Waals surface area contributed by atoms with Crippen LogP contribution in [0, 0.1) is 0 Å². The highest BCUT2D eigenvalue weighted by molar-refractivity contribution is 4.80. The number of rotatable bonds is 6. The zero-order valence-corrected chi connectivity index (χ0v) is 9.32. The molecular formula is C11H24N2. The lowest BCUT2D eigenvalue weighted by Crippen LogP contribution is -2.36. The van der Waals surface area contributed by atoms with Gasteiger partial charge in [-0.3, -0.25) is 0 Å². The molecule has 1 aliphatic carbocycles. The minimum atomic E-state index is 0.282. The van der Waals surface area contributed by atoms with Crippen LogP contribution in [0.1, 0.15) is 46.5 Å². The predicted molar refractivity (Wildman–Crippen MR) is 58.0 cm³/mol. The summed E-state index contributed by atoms with van der Waals surface area (Å²) in [7, 11) is 0. The Hall–Kier alpha value is -0.0800. The zero-order chi connectivity index (χ0) is 9.73. The van der Waals surface area contributed by atoms with E-state index in [-0.39, 0.29) is 5.54 Å². The normalized spacial score (nSPS) is 17.8. The lowest BCUT2D eigenvalue weighted by molar-refractivity contribution is 0.417. The van der Waals surface area contributed by atoms with Gasteiger partial charge in [0.1, 0.15) is 0 Å². The molecule has 0 unspecified atom stereocenters. The summed E-state index contributed by atoms with van der Waals surface area (Å²) in [4.78, 5) is 0. The molecule has 0 aromatic heterocycles. The van der Waals surface area contributed by atoms with E-state index in [1.165, 1.54) is 32.2 Å².